The van der Waals surface area contributed by atoms with Crippen molar-refractivity contribution in [1.82, 2.24) is 4.90 Å². The van der Waals surface area contributed by atoms with Crippen molar-refractivity contribution in [2.24, 2.45) is 0 Å². The summed E-state index contributed by atoms with van der Waals surface area (Å²) in [6.07, 6.45) is 3.40. The molecular weight excluding hydrogens is 438 g/mol. The van der Waals surface area contributed by atoms with E-state index >= 15 is 0 Å². The Hall–Kier alpha value is -4.53. The van der Waals surface area contributed by atoms with Crippen molar-refractivity contribution in [3.05, 3.63) is 105 Å². The standard InChI is InChI=1S/C25H21N3O6/c1-15-12-18(7-10-20(15)34-2)23(29)21-22(17-5-8-19(9-6-17)28(32)33)27(25(31)24(21)30)14-16-4-3-11-26-13-16/h3-13,22,29H,14H2,1-2H3. The second kappa shape index (κ2) is 9.14. The summed E-state index contributed by atoms with van der Waals surface area (Å²) in [5, 5.41) is 24.6. The summed E-state index contributed by atoms with van der Waals surface area (Å²) >= 11 is 0. The van der Waals surface area contributed by atoms with Gasteiger partial charge in [-0.25, -0.2) is 4.98 Å². The topological polar surface area (TPSA) is 127 Å². The highest BCUT2D eigenvalue weighted by atomic mass is 16.6. The van der Waals surface area contributed by atoms with Gasteiger partial charge in [0.05, 0.1) is 24.6 Å². The number of aromatic nitrogens is 1. The number of rotatable bonds is 6. The van der Waals surface area contributed by atoms with Crippen LogP contribution in [-0.4, -0.2) is 28.6 Å². The number of carbonyl (C=O) groups is 2. The molecule has 9 heteroatoms. The molecule has 0 bridgehead atoms. The smallest absolute Gasteiger partial charge is 0.295 e. The lowest BCUT2D eigenvalue weighted by Crippen LogP contribution is -2.29. The normalized spacial score (nSPS) is 17.1. The number of nitrogens with zero attached hydrogens (tertiary/aromatic N) is 2. The molecule has 3 aromatic rings. The summed E-state index contributed by atoms with van der Waals surface area (Å²) in [6, 6.07) is 12.8. The Bertz CT molecular complexity index is 1300. The first-order chi connectivity index (χ1) is 16.3. The first-order valence-electron chi connectivity index (χ1n) is 10.4. The van der Waals surface area contributed by atoms with E-state index in [2.05, 4.69) is 4.98 Å². The zero-order valence-electron chi connectivity index (χ0n) is 18.5. The van der Waals surface area contributed by atoms with Crippen LogP contribution in [-0.2, 0) is 16.1 Å². The van der Waals surface area contributed by atoms with E-state index in [-0.39, 0.29) is 23.4 Å². The number of likely N-dealkylation sites (tertiary alicyclic amines) is 1. The van der Waals surface area contributed by atoms with Crippen molar-refractivity contribution in [3.8, 4) is 5.75 Å². The van der Waals surface area contributed by atoms with Crippen LogP contribution >= 0.6 is 0 Å². The van der Waals surface area contributed by atoms with Gasteiger partial charge in [-0.15, -0.1) is 0 Å². The number of nitro benzene ring substituents is 1. The molecule has 1 amide bonds. The summed E-state index contributed by atoms with van der Waals surface area (Å²) < 4.78 is 5.24. The van der Waals surface area contributed by atoms with E-state index in [1.807, 2.05) is 0 Å². The van der Waals surface area contributed by atoms with Crippen LogP contribution in [0.2, 0.25) is 0 Å². The SMILES string of the molecule is COc1ccc(C([O-])=C2C(=O)C(=O)N(Cc3ccc[nH+]c3)C2c2ccc([N+](=O)[O-])cc2)cc1C. The van der Waals surface area contributed by atoms with Gasteiger partial charge in [0.1, 0.15) is 5.75 Å². The number of nitro groups is 1. The van der Waals surface area contributed by atoms with Gasteiger partial charge in [0, 0.05) is 29.3 Å². The highest BCUT2D eigenvalue weighted by Crippen LogP contribution is 2.40. The number of hydrogen-bond acceptors (Lipinski definition) is 6. The molecule has 1 fully saturated rings. The fraction of sp³-hybridized carbons (Fsp3) is 0.160. The van der Waals surface area contributed by atoms with Gasteiger partial charge in [0.15, 0.2) is 12.4 Å². The molecule has 1 unspecified atom stereocenters. The molecular formula is C25H21N3O6. The van der Waals surface area contributed by atoms with E-state index in [0.29, 0.717) is 16.9 Å². The summed E-state index contributed by atoms with van der Waals surface area (Å²) in [5.74, 6) is -1.68. The highest BCUT2D eigenvalue weighted by Gasteiger charge is 2.44. The number of benzene rings is 2. The highest BCUT2D eigenvalue weighted by molar-refractivity contribution is 6.46. The van der Waals surface area contributed by atoms with Crippen LogP contribution in [0.5, 0.6) is 5.75 Å². The average molecular weight is 459 g/mol. The third kappa shape index (κ3) is 4.11. The van der Waals surface area contributed by atoms with Gasteiger partial charge in [0.25, 0.3) is 11.6 Å². The molecule has 1 N–H and O–H groups in total. The van der Waals surface area contributed by atoms with Gasteiger partial charge < -0.3 is 14.7 Å². The van der Waals surface area contributed by atoms with Crippen molar-refractivity contribution >= 4 is 23.1 Å². The van der Waals surface area contributed by atoms with Crippen molar-refractivity contribution in [2.75, 3.05) is 7.11 Å². The Balaban J connectivity index is 1.86. The number of aromatic amines is 1. The quantitative estimate of drug-likeness (QED) is 0.183. The minimum atomic E-state index is -0.990. The van der Waals surface area contributed by atoms with Gasteiger partial charge >= 0.3 is 0 Å². The number of amides is 1. The van der Waals surface area contributed by atoms with E-state index in [0.717, 1.165) is 5.56 Å². The Morgan fingerprint density at radius 2 is 1.88 bits per heavy atom. The zero-order chi connectivity index (χ0) is 24.4. The summed E-state index contributed by atoms with van der Waals surface area (Å²) in [5.41, 5.74) is 1.78. The monoisotopic (exact) mass is 459 g/mol. The van der Waals surface area contributed by atoms with Gasteiger partial charge in [-0.05, 0) is 53.9 Å². The molecule has 2 heterocycles. The lowest BCUT2D eigenvalue weighted by atomic mass is 9.94. The predicted molar refractivity (Wildman–Crippen MR) is 119 cm³/mol. The Morgan fingerprint density at radius 1 is 1.15 bits per heavy atom. The van der Waals surface area contributed by atoms with E-state index in [1.165, 1.54) is 36.3 Å². The molecule has 172 valence electrons. The minimum absolute atomic E-state index is 0.0714. The maximum atomic E-state index is 13.5. The molecule has 1 atom stereocenters. The van der Waals surface area contributed by atoms with E-state index in [4.69, 9.17) is 4.74 Å². The molecule has 0 saturated carbocycles. The number of nitrogens with one attached hydrogen (secondary N) is 1. The second-order valence-electron chi connectivity index (χ2n) is 7.85. The number of non-ortho nitro benzene ring substituents is 1. The fourth-order valence-electron chi connectivity index (χ4n) is 4.06. The third-order valence-corrected chi connectivity index (χ3v) is 5.73. The first-order valence-corrected chi connectivity index (χ1v) is 10.4. The number of carbonyl (C=O) groups excluding carboxylic acids is 2. The van der Waals surface area contributed by atoms with Crippen LogP contribution in [0, 0.1) is 17.0 Å². The molecule has 0 spiro atoms. The molecule has 1 aliphatic rings. The molecule has 34 heavy (non-hydrogen) atoms. The lowest BCUT2D eigenvalue weighted by Gasteiger charge is -2.27. The number of aryl methyl sites for hydroxylation is 1. The molecule has 1 aromatic heterocycles. The second-order valence-corrected chi connectivity index (χ2v) is 7.85. The van der Waals surface area contributed by atoms with Crippen LogP contribution < -0.4 is 14.8 Å². The number of ether oxygens (including phenoxy) is 1. The number of hydrogen-bond donors (Lipinski definition) is 0. The maximum Gasteiger partial charge on any atom is 0.295 e. The van der Waals surface area contributed by atoms with Gasteiger partial charge in [-0.1, -0.05) is 11.8 Å². The number of methoxy groups -OCH3 is 1. The Labute approximate surface area is 195 Å². The molecule has 4 rings (SSSR count). The van der Waals surface area contributed by atoms with Crippen molar-refractivity contribution < 1.29 is 29.3 Å². The zero-order valence-corrected chi connectivity index (χ0v) is 18.5. The summed E-state index contributed by atoms with van der Waals surface area (Å²) in [7, 11) is 1.52. The van der Waals surface area contributed by atoms with Crippen molar-refractivity contribution in [2.45, 2.75) is 19.5 Å². The minimum Gasteiger partial charge on any atom is -0.872 e. The number of ketones is 1. The van der Waals surface area contributed by atoms with Gasteiger partial charge in [-0.3, -0.25) is 19.7 Å². The number of Topliss-reactive ketones (excluding diaryl/α,β-unsaturated/α-hetero) is 1. The Kier molecular flexibility index (Phi) is 6.09. The molecule has 9 nitrogen and oxygen atoms in total. The van der Waals surface area contributed by atoms with Crippen LogP contribution in [0.25, 0.3) is 5.76 Å². The number of pyridine rings is 1. The fourth-order valence-corrected chi connectivity index (χ4v) is 4.06. The van der Waals surface area contributed by atoms with Crippen molar-refractivity contribution in [3.63, 3.8) is 0 Å². The average Bonchev–Trinajstić information content (AvgIpc) is 3.09. The number of H-pyrrole nitrogens is 1. The maximum absolute atomic E-state index is 13.5. The van der Waals surface area contributed by atoms with Gasteiger partial charge in [-0.2, -0.15) is 0 Å². The molecule has 2 aromatic carbocycles. The van der Waals surface area contributed by atoms with E-state index in [9.17, 15) is 24.8 Å². The van der Waals surface area contributed by atoms with Crippen LogP contribution in [0.1, 0.15) is 28.3 Å². The van der Waals surface area contributed by atoms with Crippen LogP contribution in [0.15, 0.2) is 72.6 Å². The molecule has 0 aliphatic carbocycles. The molecule has 1 saturated heterocycles. The first kappa shape index (κ1) is 22.7. The van der Waals surface area contributed by atoms with Crippen LogP contribution in [0.4, 0.5) is 5.69 Å². The summed E-state index contributed by atoms with van der Waals surface area (Å²) in [6.45, 7) is 1.84. The van der Waals surface area contributed by atoms with Gasteiger partial charge in [0.2, 0.25) is 5.78 Å². The van der Waals surface area contributed by atoms with Crippen LogP contribution in [0.3, 0.4) is 0 Å². The van der Waals surface area contributed by atoms with Crippen molar-refractivity contribution in [1.29, 1.82) is 0 Å². The third-order valence-electron chi connectivity index (χ3n) is 5.73. The van der Waals surface area contributed by atoms with E-state index in [1.54, 1.807) is 49.6 Å². The van der Waals surface area contributed by atoms with E-state index < -0.39 is 28.4 Å². The summed E-state index contributed by atoms with van der Waals surface area (Å²) in [4.78, 5) is 40.9. The molecule has 1 aliphatic heterocycles. The lowest BCUT2D eigenvalue weighted by molar-refractivity contribution is -0.384. The largest absolute Gasteiger partial charge is 0.872 e. The Morgan fingerprint density at radius 3 is 2.47 bits per heavy atom. The molecule has 0 radical (unpaired) electrons. The predicted octanol–water partition coefficient (Wildman–Crippen LogP) is 2.15.